The third-order valence-corrected chi connectivity index (χ3v) is 3.66. The van der Waals surface area contributed by atoms with E-state index in [1.54, 1.807) is 0 Å². The van der Waals surface area contributed by atoms with Crippen LogP contribution in [0.5, 0.6) is 0 Å². The molecule has 0 bridgehead atoms. The summed E-state index contributed by atoms with van der Waals surface area (Å²) in [5, 5.41) is 1.39. The van der Waals surface area contributed by atoms with Crippen LogP contribution >= 0.6 is 23.2 Å². The number of aromatic nitrogens is 2. The molecule has 0 atom stereocenters. The zero-order chi connectivity index (χ0) is 14.1. The number of nitrogens with two attached hydrogens (primary N) is 1. The van der Waals surface area contributed by atoms with E-state index in [0.29, 0.717) is 16.6 Å². The number of nitrogens with zero attached hydrogens (tertiary/aromatic N) is 2. The second-order valence-corrected chi connectivity index (χ2v) is 5.40. The number of halogens is 2. The molecule has 102 valence electrons. The molecule has 2 aromatic heterocycles. The van der Waals surface area contributed by atoms with E-state index in [1.807, 2.05) is 47.0 Å². The number of benzene rings is 1. The highest BCUT2D eigenvalue weighted by Gasteiger charge is 2.13. The van der Waals surface area contributed by atoms with Crippen LogP contribution in [-0.2, 0) is 6.42 Å². The molecular formula is C15H13Cl2N3. The second kappa shape index (κ2) is 5.44. The Hall–Kier alpha value is -1.55. The van der Waals surface area contributed by atoms with Gasteiger partial charge in [-0.3, -0.25) is 0 Å². The smallest absolute Gasteiger partial charge is 0.137 e. The monoisotopic (exact) mass is 305 g/mol. The summed E-state index contributed by atoms with van der Waals surface area (Å²) in [4.78, 5) is 4.68. The van der Waals surface area contributed by atoms with Crippen molar-refractivity contribution in [3.05, 3.63) is 58.3 Å². The van der Waals surface area contributed by atoms with Crippen LogP contribution in [0.25, 0.3) is 16.9 Å². The van der Waals surface area contributed by atoms with Crippen LogP contribution in [0, 0.1) is 0 Å². The molecule has 3 nitrogen and oxygen atoms in total. The highest BCUT2D eigenvalue weighted by molar-refractivity contribution is 6.30. The molecule has 3 aromatic rings. The molecule has 20 heavy (non-hydrogen) atoms. The van der Waals surface area contributed by atoms with Crippen LogP contribution in [0.3, 0.4) is 0 Å². The fourth-order valence-corrected chi connectivity index (χ4v) is 2.57. The summed E-state index contributed by atoms with van der Waals surface area (Å²) in [7, 11) is 0. The summed E-state index contributed by atoms with van der Waals surface area (Å²) in [6, 6.07) is 11.4. The van der Waals surface area contributed by atoms with Gasteiger partial charge in [-0.1, -0.05) is 35.3 Å². The number of fused-ring (bicyclic) bond motifs is 1. The Bertz CT molecular complexity index is 748. The molecule has 0 saturated carbocycles. The van der Waals surface area contributed by atoms with E-state index in [2.05, 4.69) is 4.98 Å². The van der Waals surface area contributed by atoms with Gasteiger partial charge in [0.1, 0.15) is 5.65 Å². The van der Waals surface area contributed by atoms with E-state index < -0.39 is 0 Å². The fourth-order valence-electron chi connectivity index (χ4n) is 2.28. The van der Waals surface area contributed by atoms with Crippen molar-refractivity contribution in [2.75, 3.05) is 6.54 Å². The predicted octanol–water partition coefficient (Wildman–Crippen LogP) is 3.81. The van der Waals surface area contributed by atoms with Crippen LogP contribution in [-0.4, -0.2) is 15.9 Å². The minimum atomic E-state index is 0.556. The topological polar surface area (TPSA) is 43.3 Å². The molecule has 0 fully saturated rings. The maximum atomic E-state index is 6.07. The van der Waals surface area contributed by atoms with Crippen molar-refractivity contribution >= 4 is 28.8 Å². The van der Waals surface area contributed by atoms with Gasteiger partial charge in [-0.05, 0) is 30.8 Å². The van der Waals surface area contributed by atoms with Gasteiger partial charge < -0.3 is 10.1 Å². The SMILES string of the molecule is NCCc1c(-c2ccc(Cl)cc2)nc2ccc(Cl)cn12. The Labute approximate surface area is 127 Å². The van der Waals surface area contributed by atoms with Gasteiger partial charge in [0.05, 0.1) is 16.4 Å². The number of hydrogen-bond donors (Lipinski definition) is 1. The molecule has 2 heterocycles. The van der Waals surface area contributed by atoms with Crippen molar-refractivity contribution < 1.29 is 0 Å². The van der Waals surface area contributed by atoms with Gasteiger partial charge >= 0.3 is 0 Å². The van der Waals surface area contributed by atoms with Crippen LogP contribution in [0.15, 0.2) is 42.6 Å². The van der Waals surface area contributed by atoms with Crippen LogP contribution in [0.4, 0.5) is 0 Å². The van der Waals surface area contributed by atoms with Gasteiger partial charge in [-0.2, -0.15) is 0 Å². The molecular weight excluding hydrogens is 293 g/mol. The highest BCUT2D eigenvalue weighted by atomic mass is 35.5. The quantitative estimate of drug-likeness (QED) is 0.799. The van der Waals surface area contributed by atoms with E-state index in [-0.39, 0.29) is 0 Å². The first-order chi connectivity index (χ1) is 9.69. The standard InChI is InChI=1S/C15H13Cl2N3/c16-11-3-1-10(2-4-11)15-13(7-8-18)20-9-12(17)5-6-14(20)19-15/h1-6,9H,7-8,18H2. The maximum Gasteiger partial charge on any atom is 0.137 e. The lowest BCUT2D eigenvalue weighted by molar-refractivity contribution is 0.907. The molecule has 0 aliphatic rings. The Balaban J connectivity index is 2.23. The minimum Gasteiger partial charge on any atom is -0.330 e. The molecule has 0 saturated heterocycles. The van der Waals surface area contributed by atoms with Crippen molar-refractivity contribution in [3.8, 4) is 11.3 Å². The molecule has 0 radical (unpaired) electrons. The molecule has 1 aromatic carbocycles. The zero-order valence-corrected chi connectivity index (χ0v) is 12.2. The Morgan fingerprint density at radius 1 is 1.00 bits per heavy atom. The number of imidazole rings is 1. The van der Waals surface area contributed by atoms with Crippen LogP contribution in [0.2, 0.25) is 10.0 Å². The fraction of sp³-hybridized carbons (Fsp3) is 0.133. The van der Waals surface area contributed by atoms with Crippen molar-refractivity contribution in [1.82, 2.24) is 9.38 Å². The van der Waals surface area contributed by atoms with Crippen LogP contribution in [0.1, 0.15) is 5.69 Å². The number of rotatable bonds is 3. The molecule has 3 rings (SSSR count). The van der Waals surface area contributed by atoms with Crippen molar-refractivity contribution in [2.24, 2.45) is 5.73 Å². The van der Waals surface area contributed by atoms with Crippen LogP contribution < -0.4 is 5.73 Å². The lowest BCUT2D eigenvalue weighted by Gasteiger charge is -2.04. The number of pyridine rings is 1. The summed E-state index contributed by atoms with van der Waals surface area (Å²) in [5.74, 6) is 0. The van der Waals surface area contributed by atoms with Crippen molar-refractivity contribution in [1.29, 1.82) is 0 Å². The summed E-state index contributed by atoms with van der Waals surface area (Å²) in [5.41, 5.74) is 9.60. The highest BCUT2D eigenvalue weighted by Crippen LogP contribution is 2.27. The van der Waals surface area contributed by atoms with Gasteiger partial charge in [0.15, 0.2) is 0 Å². The molecule has 0 unspecified atom stereocenters. The minimum absolute atomic E-state index is 0.556. The van der Waals surface area contributed by atoms with E-state index in [4.69, 9.17) is 28.9 Å². The third kappa shape index (κ3) is 2.40. The van der Waals surface area contributed by atoms with Crippen molar-refractivity contribution in [2.45, 2.75) is 6.42 Å². The molecule has 5 heteroatoms. The Morgan fingerprint density at radius 3 is 2.40 bits per heavy atom. The van der Waals surface area contributed by atoms with Gasteiger partial charge in [0.25, 0.3) is 0 Å². The number of hydrogen-bond acceptors (Lipinski definition) is 2. The van der Waals surface area contributed by atoms with E-state index >= 15 is 0 Å². The normalized spacial score (nSPS) is 11.2. The van der Waals surface area contributed by atoms with E-state index in [0.717, 1.165) is 29.0 Å². The summed E-state index contributed by atoms with van der Waals surface area (Å²) >= 11 is 12.0. The molecule has 0 spiro atoms. The first-order valence-corrected chi connectivity index (χ1v) is 7.07. The summed E-state index contributed by atoms with van der Waals surface area (Å²) in [6.07, 6.45) is 2.60. The first-order valence-electron chi connectivity index (χ1n) is 6.31. The van der Waals surface area contributed by atoms with E-state index in [9.17, 15) is 0 Å². The van der Waals surface area contributed by atoms with E-state index in [1.165, 1.54) is 0 Å². The van der Waals surface area contributed by atoms with Gasteiger partial charge in [0, 0.05) is 23.2 Å². The average molecular weight is 306 g/mol. The average Bonchev–Trinajstić information content (AvgIpc) is 2.79. The summed E-state index contributed by atoms with van der Waals surface area (Å²) < 4.78 is 2.00. The van der Waals surface area contributed by atoms with Gasteiger partial charge in [-0.25, -0.2) is 4.98 Å². The Kier molecular flexibility index (Phi) is 3.66. The lowest BCUT2D eigenvalue weighted by atomic mass is 10.1. The van der Waals surface area contributed by atoms with Gasteiger partial charge in [-0.15, -0.1) is 0 Å². The molecule has 2 N–H and O–H groups in total. The predicted molar refractivity (Wildman–Crippen MR) is 83.4 cm³/mol. The summed E-state index contributed by atoms with van der Waals surface area (Å²) in [6.45, 7) is 0.556. The second-order valence-electron chi connectivity index (χ2n) is 4.53. The van der Waals surface area contributed by atoms with Crippen molar-refractivity contribution in [3.63, 3.8) is 0 Å². The third-order valence-electron chi connectivity index (χ3n) is 3.18. The maximum absolute atomic E-state index is 6.07. The van der Waals surface area contributed by atoms with Gasteiger partial charge in [0.2, 0.25) is 0 Å². The Morgan fingerprint density at radius 2 is 1.70 bits per heavy atom. The largest absolute Gasteiger partial charge is 0.330 e. The first kappa shape index (κ1) is 13.4. The molecule has 0 aliphatic carbocycles. The molecule has 0 amide bonds. The zero-order valence-electron chi connectivity index (χ0n) is 10.7. The molecule has 0 aliphatic heterocycles. The lowest BCUT2D eigenvalue weighted by Crippen LogP contribution is -2.06.